The average Bonchev–Trinajstić information content (AvgIpc) is 3.74. The third-order valence-electron chi connectivity index (χ3n) is 7.68. The van der Waals surface area contributed by atoms with Crippen molar-refractivity contribution in [1.82, 2.24) is 4.90 Å². The number of carbonyl (C=O) groups excluding carboxylic acids is 2. The Hall–Kier alpha value is -4.18. The second-order valence-corrected chi connectivity index (χ2v) is 10.5. The van der Waals surface area contributed by atoms with Gasteiger partial charge in [0.15, 0.2) is 0 Å². The third kappa shape index (κ3) is 7.06. The van der Waals surface area contributed by atoms with Crippen molar-refractivity contribution < 1.29 is 68.5 Å². The molecule has 4 atom stereocenters. The van der Waals surface area contributed by atoms with E-state index in [9.17, 15) is 59.0 Å². The normalized spacial score (nSPS) is 21.5. The molecule has 45 heavy (non-hydrogen) atoms. The fourth-order valence-corrected chi connectivity index (χ4v) is 5.65. The molecule has 2 aromatic rings. The summed E-state index contributed by atoms with van der Waals surface area (Å²) < 4.78 is 132. The number of esters is 1. The first kappa shape index (κ1) is 33.7. The topological polar surface area (TPSA) is 96.4 Å². The SMILES string of the molecule is CCOC(=O)[C@H]1C[C@H]1C1CC(N(Cc2cc(C(F)(F)F)cc(C(F)(F)F)c2)C(=O)OC)c2cc(C(F)(F)F)ccc2N1C(=O)O. The van der Waals surface area contributed by atoms with Gasteiger partial charge in [0.1, 0.15) is 0 Å². The van der Waals surface area contributed by atoms with Gasteiger partial charge in [-0.2, -0.15) is 39.5 Å². The Balaban J connectivity index is 1.88. The highest BCUT2D eigenvalue weighted by atomic mass is 19.4. The quantitative estimate of drug-likeness (QED) is 0.256. The lowest BCUT2D eigenvalue weighted by atomic mass is 9.86. The maximum absolute atomic E-state index is 13.8. The van der Waals surface area contributed by atoms with Crippen LogP contribution in [0.3, 0.4) is 0 Å². The summed E-state index contributed by atoms with van der Waals surface area (Å²) in [5.74, 6) is -2.17. The van der Waals surface area contributed by atoms with E-state index >= 15 is 0 Å². The maximum Gasteiger partial charge on any atom is 0.416 e. The zero-order chi connectivity index (χ0) is 33.6. The second-order valence-electron chi connectivity index (χ2n) is 10.5. The zero-order valence-corrected chi connectivity index (χ0v) is 23.4. The number of hydrogen-bond donors (Lipinski definition) is 1. The Kier molecular flexibility index (Phi) is 8.96. The van der Waals surface area contributed by atoms with E-state index in [1.807, 2.05) is 0 Å². The number of amides is 2. The number of carboxylic acid groups (broad SMARTS) is 1. The monoisotopic (exact) mass is 656 g/mol. The van der Waals surface area contributed by atoms with Gasteiger partial charge in [-0.05, 0) is 73.2 Å². The standard InChI is InChI=1S/C28H25F9N2O6/c1-3-45-23(40)18-10-17(18)22-11-21(19-9-14(26(29,30)31)4-5-20(19)39(22)24(41)42)38(25(43)44-2)12-13-6-15(27(32,33)34)8-16(7-13)28(35,36)37/h4-9,17-18,21-22H,3,10-12H2,1-2H3,(H,41,42)/t17-,18+,21?,22?/m1/s1. The first-order valence-electron chi connectivity index (χ1n) is 13.3. The van der Waals surface area contributed by atoms with Gasteiger partial charge in [-0.1, -0.05) is 0 Å². The molecule has 2 aromatic carbocycles. The van der Waals surface area contributed by atoms with Crippen molar-refractivity contribution in [2.75, 3.05) is 18.6 Å². The molecule has 0 saturated heterocycles. The Morgan fingerprint density at radius 2 is 1.47 bits per heavy atom. The highest BCUT2D eigenvalue weighted by molar-refractivity contribution is 5.90. The minimum Gasteiger partial charge on any atom is -0.466 e. The van der Waals surface area contributed by atoms with E-state index in [4.69, 9.17) is 9.47 Å². The smallest absolute Gasteiger partial charge is 0.416 e. The molecule has 1 fully saturated rings. The van der Waals surface area contributed by atoms with Gasteiger partial charge in [0.25, 0.3) is 0 Å². The van der Waals surface area contributed by atoms with Gasteiger partial charge in [0.2, 0.25) is 0 Å². The predicted octanol–water partition coefficient (Wildman–Crippen LogP) is 7.51. The Morgan fingerprint density at radius 3 is 1.96 bits per heavy atom. The van der Waals surface area contributed by atoms with Crippen molar-refractivity contribution in [2.24, 2.45) is 11.8 Å². The molecule has 2 unspecified atom stereocenters. The van der Waals surface area contributed by atoms with E-state index in [2.05, 4.69) is 0 Å². The van der Waals surface area contributed by atoms with Crippen molar-refractivity contribution in [1.29, 1.82) is 0 Å². The molecule has 1 saturated carbocycles. The molecule has 0 bridgehead atoms. The van der Waals surface area contributed by atoms with Crippen LogP contribution in [-0.2, 0) is 39.3 Å². The number of anilines is 1. The van der Waals surface area contributed by atoms with Crippen LogP contribution in [0.5, 0.6) is 0 Å². The summed E-state index contributed by atoms with van der Waals surface area (Å²) in [4.78, 5) is 39.3. The first-order chi connectivity index (χ1) is 20.8. The largest absolute Gasteiger partial charge is 0.466 e. The molecule has 4 rings (SSSR count). The lowest BCUT2D eigenvalue weighted by Crippen LogP contribution is -2.49. The molecule has 1 N–H and O–H groups in total. The minimum atomic E-state index is -5.23. The van der Waals surface area contributed by atoms with E-state index in [0.29, 0.717) is 29.2 Å². The molecule has 8 nitrogen and oxygen atoms in total. The summed E-state index contributed by atoms with van der Waals surface area (Å²) in [5, 5.41) is 10.1. The summed E-state index contributed by atoms with van der Waals surface area (Å²) in [7, 11) is 0.844. The van der Waals surface area contributed by atoms with E-state index in [1.165, 1.54) is 6.92 Å². The molecular weight excluding hydrogens is 631 g/mol. The highest BCUT2D eigenvalue weighted by Gasteiger charge is 2.55. The van der Waals surface area contributed by atoms with Crippen LogP contribution in [0.15, 0.2) is 36.4 Å². The van der Waals surface area contributed by atoms with E-state index in [-0.39, 0.29) is 24.8 Å². The Bertz CT molecular complexity index is 1440. The van der Waals surface area contributed by atoms with Crippen molar-refractivity contribution in [2.45, 2.75) is 56.9 Å². The summed E-state index contributed by atoms with van der Waals surface area (Å²) in [6.45, 7) is 0.552. The summed E-state index contributed by atoms with van der Waals surface area (Å²) in [6.07, 6.45) is -18.7. The van der Waals surface area contributed by atoms with Crippen molar-refractivity contribution in [3.63, 3.8) is 0 Å². The molecule has 2 aliphatic rings. The molecule has 1 heterocycles. The molecule has 246 valence electrons. The van der Waals surface area contributed by atoms with Gasteiger partial charge in [-0.3, -0.25) is 14.6 Å². The molecule has 2 amide bonds. The lowest BCUT2D eigenvalue weighted by Gasteiger charge is -2.43. The van der Waals surface area contributed by atoms with E-state index in [0.717, 1.165) is 18.1 Å². The van der Waals surface area contributed by atoms with Gasteiger partial charge in [-0.25, -0.2) is 9.59 Å². The van der Waals surface area contributed by atoms with Gasteiger partial charge in [0.05, 0.1) is 48.1 Å². The molecule has 0 spiro atoms. The van der Waals surface area contributed by atoms with Gasteiger partial charge in [0, 0.05) is 12.6 Å². The van der Waals surface area contributed by atoms with Crippen LogP contribution < -0.4 is 4.90 Å². The number of alkyl halides is 9. The fourth-order valence-electron chi connectivity index (χ4n) is 5.65. The number of hydrogen-bond acceptors (Lipinski definition) is 5. The van der Waals surface area contributed by atoms with Crippen LogP contribution in [-0.4, -0.2) is 47.9 Å². The minimum absolute atomic E-state index is 0.00800. The number of rotatable bonds is 6. The summed E-state index contributed by atoms with van der Waals surface area (Å²) >= 11 is 0. The van der Waals surface area contributed by atoms with Crippen LogP contribution in [0.2, 0.25) is 0 Å². The molecule has 17 heteroatoms. The Labute approximate surface area is 249 Å². The number of carbonyl (C=O) groups is 3. The second kappa shape index (κ2) is 12.0. The van der Waals surface area contributed by atoms with Gasteiger partial charge in [-0.15, -0.1) is 0 Å². The number of nitrogens with zero attached hydrogens (tertiary/aromatic N) is 2. The molecule has 0 radical (unpaired) electrons. The highest BCUT2D eigenvalue weighted by Crippen LogP contribution is 2.53. The predicted molar refractivity (Wildman–Crippen MR) is 136 cm³/mol. The maximum atomic E-state index is 13.8. The van der Waals surface area contributed by atoms with Crippen LogP contribution >= 0.6 is 0 Å². The van der Waals surface area contributed by atoms with Crippen molar-refractivity contribution in [3.05, 3.63) is 64.2 Å². The van der Waals surface area contributed by atoms with E-state index < -0.39 is 101 Å². The number of methoxy groups -OCH3 is 1. The zero-order valence-electron chi connectivity index (χ0n) is 23.4. The van der Waals surface area contributed by atoms with Crippen molar-refractivity contribution >= 4 is 23.8 Å². The van der Waals surface area contributed by atoms with Crippen LogP contribution in [0.4, 0.5) is 54.8 Å². The lowest BCUT2D eigenvalue weighted by molar-refractivity contribution is -0.145. The number of ether oxygens (including phenoxy) is 2. The number of halogens is 9. The summed E-state index contributed by atoms with van der Waals surface area (Å²) in [6, 6.07) is -0.0945. The van der Waals surface area contributed by atoms with Crippen LogP contribution in [0.1, 0.15) is 53.6 Å². The molecule has 1 aliphatic carbocycles. The van der Waals surface area contributed by atoms with Gasteiger partial charge >= 0.3 is 36.7 Å². The third-order valence-corrected chi connectivity index (χ3v) is 7.68. The number of fused-ring (bicyclic) bond motifs is 1. The summed E-state index contributed by atoms with van der Waals surface area (Å²) in [5.41, 5.74) is -6.03. The molecule has 0 aromatic heterocycles. The Morgan fingerprint density at radius 1 is 0.889 bits per heavy atom. The average molecular weight is 656 g/mol. The van der Waals surface area contributed by atoms with Gasteiger partial charge < -0.3 is 14.6 Å². The first-order valence-corrected chi connectivity index (χ1v) is 13.3. The van der Waals surface area contributed by atoms with Crippen LogP contribution in [0.25, 0.3) is 0 Å². The van der Waals surface area contributed by atoms with E-state index in [1.54, 1.807) is 0 Å². The fraction of sp³-hybridized carbons (Fsp3) is 0.464. The molecule has 1 aliphatic heterocycles. The van der Waals surface area contributed by atoms with Crippen molar-refractivity contribution in [3.8, 4) is 0 Å². The molecular formula is C28H25F9N2O6. The van der Waals surface area contributed by atoms with Crippen LogP contribution in [0, 0.1) is 11.8 Å². The number of benzene rings is 2.